The van der Waals surface area contributed by atoms with Gasteiger partial charge in [-0.05, 0) is 16.8 Å². The fourth-order valence-electron chi connectivity index (χ4n) is 3.18. The fourth-order valence-corrected chi connectivity index (χ4v) is 3.18. The first kappa shape index (κ1) is 15.0. The molecule has 0 amide bonds. The minimum Gasteiger partial charge on any atom is -0.507 e. The lowest BCUT2D eigenvalue weighted by molar-refractivity contribution is -0.384. The molecular weight excluding hydrogens is 318 g/mol. The number of fused-ring (bicyclic) bond motifs is 2. The molecule has 122 valence electrons. The smallest absolute Gasteiger partial charge is 0.281 e. The molecule has 0 radical (unpaired) electrons. The van der Waals surface area contributed by atoms with E-state index >= 15 is 0 Å². The highest BCUT2D eigenvalue weighted by atomic mass is 16.6. The molecule has 5 nitrogen and oxygen atoms in total. The molecule has 0 aliphatic rings. The Bertz CT molecular complexity index is 1150. The van der Waals surface area contributed by atoms with Crippen molar-refractivity contribution in [3.05, 3.63) is 76.8 Å². The van der Waals surface area contributed by atoms with Crippen molar-refractivity contribution in [2.24, 2.45) is 0 Å². The molecule has 0 aromatic heterocycles. The monoisotopic (exact) mass is 331 g/mol. The topological polar surface area (TPSA) is 83.6 Å². The molecule has 0 aliphatic heterocycles. The molecule has 0 saturated heterocycles. The average molecular weight is 331 g/mol. The van der Waals surface area contributed by atoms with Crippen molar-refractivity contribution < 1.29 is 15.1 Å². The zero-order chi connectivity index (χ0) is 17.6. The van der Waals surface area contributed by atoms with Crippen LogP contribution in [-0.4, -0.2) is 15.1 Å². The van der Waals surface area contributed by atoms with Crippen LogP contribution in [0.15, 0.2) is 66.7 Å². The molecule has 0 spiro atoms. The van der Waals surface area contributed by atoms with Gasteiger partial charge < -0.3 is 10.2 Å². The highest BCUT2D eigenvalue weighted by Gasteiger charge is 2.25. The number of hydrogen-bond acceptors (Lipinski definition) is 4. The molecule has 0 fully saturated rings. The lowest BCUT2D eigenvalue weighted by Gasteiger charge is -2.12. The predicted molar refractivity (Wildman–Crippen MR) is 96.9 cm³/mol. The van der Waals surface area contributed by atoms with Gasteiger partial charge >= 0.3 is 0 Å². The van der Waals surface area contributed by atoms with Crippen LogP contribution in [0.3, 0.4) is 0 Å². The van der Waals surface area contributed by atoms with Crippen molar-refractivity contribution in [2.75, 3.05) is 0 Å². The molecule has 0 unspecified atom stereocenters. The zero-order valence-corrected chi connectivity index (χ0v) is 13.0. The van der Waals surface area contributed by atoms with Gasteiger partial charge in [-0.15, -0.1) is 0 Å². The van der Waals surface area contributed by atoms with Gasteiger partial charge in [0.15, 0.2) is 0 Å². The van der Waals surface area contributed by atoms with Gasteiger partial charge in [0.2, 0.25) is 0 Å². The summed E-state index contributed by atoms with van der Waals surface area (Å²) < 4.78 is 0. The Morgan fingerprint density at radius 3 is 2.04 bits per heavy atom. The van der Waals surface area contributed by atoms with Crippen LogP contribution in [0.2, 0.25) is 0 Å². The van der Waals surface area contributed by atoms with E-state index in [4.69, 9.17) is 0 Å². The summed E-state index contributed by atoms with van der Waals surface area (Å²) in [5.41, 5.74) is 0.00221. The van der Waals surface area contributed by atoms with Gasteiger partial charge in [-0.3, -0.25) is 10.1 Å². The maximum absolute atomic E-state index is 11.6. The lowest BCUT2D eigenvalue weighted by Crippen LogP contribution is -1.94. The molecule has 0 aliphatic carbocycles. The van der Waals surface area contributed by atoms with E-state index in [2.05, 4.69) is 0 Å². The summed E-state index contributed by atoms with van der Waals surface area (Å²) in [5.74, 6) is -0.304. The third-order valence-corrected chi connectivity index (χ3v) is 4.37. The Labute approximate surface area is 142 Å². The van der Waals surface area contributed by atoms with Gasteiger partial charge in [-0.25, -0.2) is 0 Å². The van der Waals surface area contributed by atoms with Crippen LogP contribution in [0.1, 0.15) is 0 Å². The minimum atomic E-state index is -0.546. The predicted octanol–water partition coefficient (Wildman–Crippen LogP) is 4.98. The standard InChI is InChI=1S/C20H13NO4/c22-19-14-7-3-1-5-12(14)9-10-16(19)18-17(21(24)25)11-13-6-2-4-8-15(13)20(18)23/h1-11,22-23H. The Kier molecular flexibility index (Phi) is 3.28. The first-order valence-electron chi connectivity index (χ1n) is 7.68. The molecule has 2 N–H and O–H groups in total. The quantitative estimate of drug-likeness (QED) is 0.401. The molecule has 0 heterocycles. The molecule has 0 atom stereocenters. The van der Waals surface area contributed by atoms with Crippen LogP contribution >= 0.6 is 0 Å². The van der Waals surface area contributed by atoms with Crippen molar-refractivity contribution in [3.8, 4) is 22.6 Å². The van der Waals surface area contributed by atoms with Crippen LogP contribution in [0.25, 0.3) is 32.7 Å². The van der Waals surface area contributed by atoms with E-state index in [9.17, 15) is 20.3 Å². The second-order valence-corrected chi connectivity index (χ2v) is 5.78. The molecule has 4 rings (SSSR count). The van der Waals surface area contributed by atoms with E-state index in [-0.39, 0.29) is 28.3 Å². The number of aromatic hydroxyl groups is 2. The van der Waals surface area contributed by atoms with Gasteiger partial charge in [-0.1, -0.05) is 54.6 Å². The zero-order valence-electron chi connectivity index (χ0n) is 13.0. The average Bonchev–Trinajstić information content (AvgIpc) is 2.63. The van der Waals surface area contributed by atoms with Crippen LogP contribution < -0.4 is 0 Å². The van der Waals surface area contributed by atoms with E-state index in [1.807, 2.05) is 12.1 Å². The number of hydrogen-bond donors (Lipinski definition) is 2. The molecular formula is C20H13NO4. The Balaban J connectivity index is 2.13. The third kappa shape index (κ3) is 2.25. The highest BCUT2D eigenvalue weighted by molar-refractivity contribution is 6.03. The Morgan fingerprint density at radius 1 is 0.760 bits per heavy atom. The summed E-state index contributed by atoms with van der Waals surface area (Å²) in [5, 5.41) is 35.4. The molecule has 0 saturated carbocycles. The maximum atomic E-state index is 11.6. The maximum Gasteiger partial charge on any atom is 0.281 e. The lowest BCUT2D eigenvalue weighted by atomic mass is 9.94. The van der Waals surface area contributed by atoms with Crippen LogP contribution in [0, 0.1) is 10.1 Å². The summed E-state index contributed by atoms with van der Waals surface area (Å²) in [6.45, 7) is 0. The van der Waals surface area contributed by atoms with Gasteiger partial charge in [-0.2, -0.15) is 0 Å². The second kappa shape index (κ2) is 5.49. The largest absolute Gasteiger partial charge is 0.507 e. The van der Waals surface area contributed by atoms with Crippen molar-refractivity contribution in [1.82, 2.24) is 0 Å². The number of phenolic OH excluding ortho intramolecular Hbond substituents is 2. The van der Waals surface area contributed by atoms with Crippen LogP contribution in [0.4, 0.5) is 5.69 Å². The van der Waals surface area contributed by atoms with E-state index in [0.29, 0.717) is 16.2 Å². The summed E-state index contributed by atoms with van der Waals surface area (Å²) in [6, 6.07) is 18.9. The number of phenols is 2. The van der Waals surface area contributed by atoms with Crippen LogP contribution in [-0.2, 0) is 0 Å². The van der Waals surface area contributed by atoms with Gasteiger partial charge in [0, 0.05) is 22.4 Å². The van der Waals surface area contributed by atoms with E-state index in [1.165, 1.54) is 6.07 Å². The summed E-state index contributed by atoms with van der Waals surface area (Å²) >= 11 is 0. The number of benzene rings is 4. The molecule has 0 bridgehead atoms. The molecule has 5 heteroatoms. The first-order chi connectivity index (χ1) is 12.1. The fraction of sp³-hybridized carbons (Fsp3) is 0. The van der Waals surface area contributed by atoms with Crippen molar-refractivity contribution in [1.29, 1.82) is 0 Å². The molecule has 4 aromatic carbocycles. The van der Waals surface area contributed by atoms with E-state index in [0.717, 1.165) is 5.39 Å². The van der Waals surface area contributed by atoms with E-state index in [1.54, 1.807) is 48.5 Å². The number of nitro benzene ring substituents is 1. The van der Waals surface area contributed by atoms with Crippen molar-refractivity contribution >= 4 is 27.2 Å². The Hall–Kier alpha value is -3.60. The molecule has 4 aromatic rings. The Morgan fingerprint density at radius 2 is 1.36 bits per heavy atom. The number of nitrogens with zero attached hydrogens (tertiary/aromatic N) is 1. The van der Waals surface area contributed by atoms with Gasteiger partial charge in [0.25, 0.3) is 5.69 Å². The van der Waals surface area contributed by atoms with Gasteiger partial charge in [0.05, 0.1) is 4.92 Å². The third-order valence-electron chi connectivity index (χ3n) is 4.37. The normalized spacial score (nSPS) is 11.0. The van der Waals surface area contributed by atoms with Crippen LogP contribution in [0.5, 0.6) is 11.5 Å². The van der Waals surface area contributed by atoms with Crippen molar-refractivity contribution in [3.63, 3.8) is 0 Å². The number of nitro groups is 1. The SMILES string of the molecule is O=[N+]([O-])c1cc2ccccc2c(O)c1-c1ccc2ccccc2c1O. The number of rotatable bonds is 2. The second-order valence-electron chi connectivity index (χ2n) is 5.78. The summed E-state index contributed by atoms with van der Waals surface area (Å²) in [7, 11) is 0. The van der Waals surface area contributed by atoms with Gasteiger partial charge in [0.1, 0.15) is 17.1 Å². The van der Waals surface area contributed by atoms with E-state index < -0.39 is 4.92 Å². The summed E-state index contributed by atoms with van der Waals surface area (Å²) in [6.07, 6.45) is 0. The first-order valence-corrected chi connectivity index (χ1v) is 7.68. The minimum absolute atomic E-state index is 0.0203. The molecule has 25 heavy (non-hydrogen) atoms. The highest BCUT2D eigenvalue weighted by Crippen LogP contribution is 2.47. The summed E-state index contributed by atoms with van der Waals surface area (Å²) in [4.78, 5) is 11.0. The van der Waals surface area contributed by atoms with Crippen molar-refractivity contribution in [2.45, 2.75) is 0 Å².